The van der Waals surface area contributed by atoms with Gasteiger partial charge in [-0.1, -0.05) is 111 Å². The lowest BCUT2D eigenvalue weighted by Gasteiger charge is -2.40. The van der Waals surface area contributed by atoms with Crippen LogP contribution in [0.5, 0.6) is 0 Å². The Morgan fingerprint density at radius 1 is 0.404 bits per heavy atom. The van der Waals surface area contributed by atoms with Gasteiger partial charge in [0.25, 0.3) is 0 Å². The molecule has 5 heteroatoms. The van der Waals surface area contributed by atoms with Crippen molar-refractivity contribution in [3.8, 4) is 0 Å². The van der Waals surface area contributed by atoms with Crippen LogP contribution >= 0.6 is 0 Å². The van der Waals surface area contributed by atoms with Crippen LogP contribution in [0, 0.1) is 0 Å². The van der Waals surface area contributed by atoms with Gasteiger partial charge >= 0.3 is 0 Å². The first-order valence-corrected chi connectivity index (χ1v) is 23.6. The summed E-state index contributed by atoms with van der Waals surface area (Å²) in [5, 5.41) is 5.58. The lowest BCUT2D eigenvalue weighted by molar-refractivity contribution is 0.176. The molecule has 57 heavy (non-hydrogen) atoms. The fourth-order valence-corrected chi connectivity index (χ4v) is 11.2. The molecule has 8 rings (SSSR count). The lowest BCUT2D eigenvalue weighted by atomic mass is 9.71. The highest BCUT2D eigenvalue weighted by atomic mass is 15.1. The molecule has 4 fully saturated rings. The number of rotatable bonds is 17. The van der Waals surface area contributed by atoms with Crippen LogP contribution in [0.1, 0.15) is 114 Å². The zero-order chi connectivity index (χ0) is 38.6. The minimum atomic E-state index is -0.139. The van der Waals surface area contributed by atoms with Crippen LogP contribution in [-0.4, -0.2) is 111 Å². The van der Waals surface area contributed by atoms with Gasteiger partial charge in [-0.3, -0.25) is 4.99 Å². The second-order valence-electron chi connectivity index (χ2n) is 18.6. The Kier molecular flexibility index (Phi) is 14.5. The van der Waals surface area contributed by atoms with Crippen molar-refractivity contribution in [2.24, 2.45) is 4.99 Å². The molecule has 4 aliphatic rings. The molecule has 4 aromatic carbocycles. The summed E-state index contributed by atoms with van der Waals surface area (Å²) < 4.78 is 0. The zero-order valence-electron chi connectivity index (χ0n) is 35.4. The zero-order valence-corrected chi connectivity index (χ0v) is 35.4. The molecular weight excluding hydrogens is 695 g/mol. The Morgan fingerprint density at radius 2 is 0.772 bits per heavy atom. The molecule has 4 heterocycles. The minimum absolute atomic E-state index is 0.0451. The average molecular weight is 768 g/mol. The van der Waals surface area contributed by atoms with Crippen LogP contribution < -0.4 is 0 Å². The van der Waals surface area contributed by atoms with Gasteiger partial charge in [0.2, 0.25) is 0 Å². The van der Waals surface area contributed by atoms with Crippen molar-refractivity contribution in [1.29, 1.82) is 0 Å². The molecular formula is C52H73N5. The van der Waals surface area contributed by atoms with E-state index in [0.717, 1.165) is 58.4 Å². The quantitative estimate of drug-likeness (QED) is 0.1000. The van der Waals surface area contributed by atoms with E-state index in [-0.39, 0.29) is 10.8 Å². The minimum Gasteiger partial charge on any atom is -0.303 e. The summed E-state index contributed by atoms with van der Waals surface area (Å²) >= 11 is 0. The largest absolute Gasteiger partial charge is 0.303 e. The molecule has 0 amide bonds. The van der Waals surface area contributed by atoms with Gasteiger partial charge in [0.1, 0.15) is 0 Å². The van der Waals surface area contributed by atoms with Crippen LogP contribution in [0.3, 0.4) is 0 Å². The second kappa shape index (κ2) is 20.2. The van der Waals surface area contributed by atoms with E-state index in [4.69, 9.17) is 4.99 Å². The smallest absolute Gasteiger partial charge is 0.0483 e. The first kappa shape index (κ1) is 40.7. The predicted molar refractivity (Wildman–Crippen MR) is 244 cm³/mol. The number of benzene rings is 4. The van der Waals surface area contributed by atoms with Crippen molar-refractivity contribution in [3.63, 3.8) is 0 Å². The number of nitrogens with zero attached hydrogens (tertiary/aromatic N) is 5. The van der Waals surface area contributed by atoms with Crippen molar-refractivity contribution >= 4 is 27.8 Å². The molecule has 0 aliphatic carbocycles. The van der Waals surface area contributed by atoms with E-state index in [1.54, 1.807) is 0 Å². The predicted octanol–water partition coefficient (Wildman–Crippen LogP) is 10.7. The van der Waals surface area contributed by atoms with Gasteiger partial charge in [-0.2, -0.15) is 0 Å². The standard InChI is InChI=1S/C52H73N5/c1-9-31-54(32-10-1)39-27-51(28-40-55-33-11-2-12-34-55,49-25-17-21-45-19-5-7-23-47(45)49)43-53-44-52(29-41-56-35-13-3-14-36-56,30-42-57-37-15-4-16-38-57)50-26-18-22-46-20-6-8-24-48(46)50/h5-8,17-26,43H,1-4,9-16,27-42,44H2. The molecule has 4 aliphatic heterocycles. The van der Waals surface area contributed by atoms with Crippen LogP contribution in [0.2, 0.25) is 0 Å². The van der Waals surface area contributed by atoms with Crippen molar-refractivity contribution in [2.75, 3.05) is 85.1 Å². The van der Waals surface area contributed by atoms with E-state index in [1.165, 1.54) is 162 Å². The SMILES string of the molecule is C(=NCC(CCN1CCCCC1)(CCN1CCCCC1)c1cccc2ccccc12)C(CCN1CCCCC1)(CCN1CCCCC1)c1cccc2ccccc12. The van der Waals surface area contributed by atoms with Crippen LogP contribution in [0.4, 0.5) is 0 Å². The maximum Gasteiger partial charge on any atom is 0.0483 e. The first-order valence-electron chi connectivity index (χ1n) is 23.6. The highest BCUT2D eigenvalue weighted by Crippen LogP contribution is 2.40. The number of likely N-dealkylation sites (tertiary alicyclic amines) is 4. The summed E-state index contributed by atoms with van der Waals surface area (Å²) in [5.41, 5.74) is 2.84. The molecule has 0 saturated carbocycles. The molecule has 0 spiro atoms. The molecule has 0 unspecified atom stereocenters. The summed E-state index contributed by atoms with van der Waals surface area (Å²) in [6.07, 6.45) is 23.4. The first-order chi connectivity index (χ1) is 28.2. The Balaban J connectivity index is 1.21. The Morgan fingerprint density at radius 3 is 1.23 bits per heavy atom. The maximum absolute atomic E-state index is 5.94. The Bertz CT molecular complexity index is 1790. The molecule has 4 aromatic rings. The highest BCUT2D eigenvalue weighted by Gasteiger charge is 2.37. The fourth-order valence-electron chi connectivity index (χ4n) is 11.2. The van der Waals surface area contributed by atoms with Crippen molar-refractivity contribution in [3.05, 3.63) is 96.1 Å². The van der Waals surface area contributed by atoms with Gasteiger partial charge < -0.3 is 19.6 Å². The third-order valence-corrected chi connectivity index (χ3v) is 14.8. The Hall–Kier alpha value is -3.09. The summed E-state index contributed by atoms with van der Waals surface area (Å²) in [6, 6.07) is 32.7. The monoisotopic (exact) mass is 768 g/mol. The van der Waals surface area contributed by atoms with Gasteiger partial charge in [0.05, 0.1) is 0 Å². The van der Waals surface area contributed by atoms with Crippen molar-refractivity contribution in [2.45, 2.75) is 114 Å². The average Bonchev–Trinajstić information content (AvgIpc) is 3.29. The number of piperidine rings is 4. The summed E-state index contributed by atoms with van der Waals surface area (Å²) in [7, 11) is 0. The van der Waals surface area contributed by atoms with Crippen LogP contribution in [-0.2, 0) is 10.8 Å². The van der Waals surface area contributed by atoms with Crippen LogP contribution in [0.25, 0.3) is 21.5 Å². The molecule has 0 aromatic heterocycles. The molecule has 4 saturated heterocycles. The van der Waals surface area contributed by atoms with Gasteiger partial charge in [-0.25, -0.2) is 0 Å². The molecule has 5 nitrogen and oxygen atoms in total. The third-order valence-electron chi connectivity index (χ3n) is 14.8. The lowest BCUT2D eigenvalue weighted by Crippen LogP contribution is -2.42. The Labute approximate surface area is 345 Å². The van der Waals surface area contributed by atoms with E-state index in [2.05, 4.69) is 111 Å². The number of hydrogen-bond acceptors (Lipinski definition) is 5. The van der Waals surface area contributed by atoms with E-state index in [0.29, 0.717) is 0 Å². The molecule has 0 atom stereocenters. The van der Waals surface area contributed by atoms with Gasteiger partial charge in [-0.15, -0.1) is 0 Å². The number of hydrogen-bond donors (Lipinski definition) is 0. The maximum atomic E-state index is 5.94. The van der Waals surface area contributed by atoms with Crippen LogP contribution in [0.15, 0.2) is 89.9 Å². The number of fused-ring (bicyclic) bond motifs is 2. The topological polar surface area (TPSA) is 25.3 Å². The van der Waals surface area contributed by atoms with E-state index in [1.807, 2.05) is 0 Å². The van der Waals surface area contributed by atoms with Crippen molar-refractivity contribution < 1.29 is 0 Å². The van der Waals surface area contributed by atoms with E-state index < -0.39 is 0 Å². The van der Waals surface area contributed by atoms with Gasteiger partial charge in [0.15, 0.2) is 0 Å². The molecule has 0 bridgehead atoms. The van der Waals surface area contributed by atoms with E-state index in [9.17, 15) is 0 Å². The second-order valence-corrected chi connectivity index (χ2v) is 18.6. The number of aliphatic imine (C=N–C) groups is 1. The molecule has 306 valence electrons. The normalized spacial score (nSPS) is 20.2. The third kappa shape index (κ3) is 10.4. The fraction of sp³-hybridized carbons (Fsp3) is 0.596. The summed E-state index contributed by atoms with van der Waals surface area (Å²) in [6.45, 7) is 15.4. The summed E-state index contributed by atoms with van der Waals surface area (Å²) in [4.78, 5) is 17.1. The molecule has 0 radical (unpaired) electrons. The highest BCUT2D eigenvalue weighted by molar-refractivity contribution is 5.91. The summed E-state index contributed by atoms with van der Waals surface area (Å²) in [5.74, 6) is 0. The van der Waals surface area contributed by atoms with Gasteiger partial charge in [0, 0.05) is 23.6 Å². The van der Waals surface area contributed by atoms with Crippen molar-refractivity contribution in [1.82, 2.24) is 19.6 Å². The molecule has 0 N–H and O–H groups in total. The van der Waals surface area contributed by atoms with Gasteiger partial charge in [-0.05, 0) is 188 Å². The van der Waals surface area contributed by atoms with E-state index >= 15 is 0 Å².